The van der Waals surface area contributed by atoms with E-state index >= 15 is 0 Å². The van der Waals surface area contributed by atoms with Crippen molar-refractivity contribution < 1.29 is 14.3 Å². The predicted octanol–water partition coefficient (Wildman–Crippen LogP) is 7.11. The molecule has 0 atom stereocenters. The number of fused-ring (bicyclic) bond motifs is 1. The van der Waals surface area contributed by atoms with Crippen molar-refractivity contribution in [3.05, 3.63) is 77.3 Å². The molecule has 2 N–H and O–H groups in total. The second-order valence-electron chi connectivity index (χ2n) is 7.69. The van der Waals surface area contributed by atoms with Gasteiger partial charge in [0.2, 0.25) is 5.91 Å². The van der Waals surface area contributed by atoms with Gasteiger partial charge < -0.3 is 15.4 Å². The molecule has 0 radical (unpaired) electrons. The number of nitrogens with one attached hydrogen (secondary N) is 2. The first-order valence-corrected chi connectivity index (χ1v) is 13.3. The van der Waals surface area contributed by atoms with E-state index in [1.54, 1.807) is 24.3 Å². The molecule has 0 saturated carbocycles. The molecule has 2 amide bonds. The topological polar surface area (TPSA) is 80.3 Å². The van der Waals surface area contributed by atoms with E-state index in [4.69, 9.17) is 16.3 Å². The molecule has 3 aromatic carbocycles. The number of amides is 2. The number of ether oxygens (including phenoxy) is 1. The van der Waals surface area contributed by atoms with Crippen molar-refractivity contribution in [2.45, 2.75) is 24.1 Å². The van der Waals surface area contributed by atoms with Gasteiger partial charge in [-0.05, 0) is 73.2 Å². The average Bonchev–Trinajstić information content (AvgIpc) is 3.27. The lowest BCUT2D eigenvalue weighted by Crippen LogP contribution is -2.13. The van der Waals surface area contributed by atoms with Gasteiger partial charge in [0.1, 0.15) is 5.75 Å². The number of halogens is 1. The van der Waals surface area contributed by atoms with E-state index in [1.807, 2.05) is 42.5 Å². The fraction of sp³-hybridized carbons (Fsp3) is 0.192. The molecule has 0 bridgehead atoms. The van der Waals surface area contributed by atoms with E-state index in [1.165, 1.54) is 23.1 Å². The molecule has 0 saturated heterocycles. The molecule has 1 aromatic heterocycles. The molecule has 0 aliphatic rings. The molecule has 0 fully saturated rings. The number of benzene rings is 3. The molecule has 0 spiro atoms. The summed E-state index contributed by atoms with van der Waals surface area (Å²) >= 11 is 8.75. The highest BCUT2D eigenvalue weighted by molar-refractivity contribution is 8.01. The monoisotopic (exact) mass is 525 g/mol. The summed E-state index contributed by atoms with van der Waals surface area (Å²) < 4.78 is 7.36. The van der Waals surface area contributed by atoms with E-state index < -0.39 is 0 Å². The molecule has 1 heterocycles. The van der Waals surface area contributed by atoms with Crippen molar-refractivity contribution in [3.8, 4) is 5.75 Å². The Balaban J connectivity index is 1.30. The van der Waals surface area contributed by atoms with Gasteiger partial charge in [0.05, 0.1) is 22.6 Å². The van der Waals surface area contributed by atoms with E-state index in [0.29, 0.717) is 22.9 Å². The lowest BCUT2D eigenvalue weighted by molar-refractivity contribution is -0.113. The number of nitrogens with zero attached hydrogens (tertiary/aromatic N) is 1. The number of hydrogen-bond acceptors (Lipinski definition) is 6. The summed E-state index contributed by atoms with van der Waals surface area (Å²) in [5.74, 6) is 0.723. The molecule has 0 aliphatic heterocycles. The van der Waals surface area contributed by atoms with Gasteiger partial charge in [0, 0.05) is 22.0 Å². The Bertz CT molecular complexity index is 1310. The predicted molar refractivity (Wildman–Crippen MR) is 145 cm³/mol. The average molecular weight is 526 g/mol. The summed E-state index contributed by atoms with van der Waals surface area (Å²) in [6, 6.07) is 19.7. The van der Waals surface area contributed by atoms with Crippen LogP contribution in [0.2, 0.25) is 5.02 Å². The van der Waals surface area contributed by atoms with Gasteiger partial charge >= 0.3 is 0 Å². The standard InChI is InChI=1S/C26H24ClN3O3S2/c1-2-3-14-33-21-11-8-19(9-12-21)28-24(31)16-34-26-30-22-13-10-20(15-23(22)35-26)29-25(32)17-4-6-18(27)7-5-17/h4-13,15H,2-3,14,16H2,1H3,(H,28,31)(H,29,32). The number of carbonyl (C=O) groups excluding carboxylic acids is 2. The van der Waals surface area contributed by atoms with Crippen molar-refractivity contribution in [2.75, 3.05) is 23.0 Å². The number of unbranched alkanes of at least 4 members (excludes halogenated alkanes) is 1. The van der Waals surface area contributed by atoms with Crippen LogP contribution in [0.15, 0.2) is 71.1 Å². The quantitative estimate of drug-likeness (QED) is 0.170. The maximum Gasteiger partial charge on any atom is 0.255 e. The third-order valence-electron chi connectivity index (χ3n) is 4.96. The molecule has 4 aromatic rings. The smallest absolute Gasteiger partial charge is 0.255 e. The van der Waals surface area contributed by atoms with Crippen LogP contribution < -0.4 is 15.4 Å². The first-order valence-electron chi connectivity index (χ1n) is 11.1. The third-order valence-corrected chi connectivity index (χ3v) is 7.38. The van der Waals surface area contributed by atoms with Gasteiger partial charge in [0.15, 0.2) is 4.34 Å². The summed E-state index contributed by atoms with van der Waals surface area (Å²) in [4.78, 5) is 29.4. The van der Waals surface area contributed by atoms with E-state index in [2.05, 4.69) is 22.5 Å². The number of aromatic nitrogens is 1. The van der Waals surface area contributed by atoms with Gasteiger partial charge in [-0.15, -0.1) is 11.3 Å². The number of thioether (sulfide) groups is 1. The van der Waals surface area contributed by atoms with Gasteiger partial charge in [-0.25, -0.2) is 4.98 Å². The largest absolute Gasteiger partial charge is 0.494 e. The van der Waals surface area contributed by atoms with E-state index in [9.17, 15) is 9.59 Å². The van der Waals surface area contributed by atoms with Crippen LogP contribution in [0.4, 0.5) is 11.4 Å². The zero-order chi connectivity index (χ0) is 24.6. The Kier molecular flexibility index (Phi) is 8.63. The Morgan fingerprint density at radius 3 is 2.49 bits per heavy atom. The summed E-state index contributed by atoms with van der Waals surface area (Å²) in [6.07, 6.45) is 2.10. The number of thiazole rings is 1. The molecule has 9 heteroatoms. The second kappa shape index (κ2) is 12.1. The van der Waals surface area contributed by atoms with Gasteiger partial charge in [-0.2, -0.15) is 0 Å². The molecule has 0 aliphatic carbocycles. The van der Waals surface area contributed by atoms with E-state index in [-0.39, 0.29) is 17.6 Å². The Morgan fingerprint density at radius 2 is 1.74 bits per heavy atom. The van der Waals surface area contributed by atoms with Crippen LogP contribution in [-0.4, -0.2) is 29.2 Å². The van der Waals surface area contributed by atoms with Crippen molar-refractivity contribution in [2.24, 2.45) is 0 Å². The van der Waals surface area contributed by atoms with Crippen LogP contribution in [0.3, 0.4) is 0 Å². The lowest BCUT2D eigenvalue weighted by atomic mass is 10.2. The van der Waals surface area contributed by atoms with Crippen LogP contribution >= 0.6 is 34.7 Å². The molecular formula is C26H24ClN3O3S2. The first kappa shape index (κ1) is 25.0. The Labute approximate surface area is 217 Å². The molecule has 4 rings (SSSR count). The van der Waals surface area contributed by atoms with Crippen LogP contribution in [0.25, 0.3) is 10.2 Å². The molecule has 35 heavy (non-hydrogen) atoms. The highest BCUT2D eigenvalue weighted by atomic mass is 35.5. The minimum Gasteiger partial charge on any atom is -0.494 e. The Morgan fingerprint density at radius 1 is 1.00 bits per heavy atom. The maximum absolute atomic E-state index is 12.4. The third kappa shape index (κ3) is 7.21. The maximum atomic E-state index is 12.4. The Hall–Kier alpha value is -3.07. The van der Waals surface area contributed by atoms with Gasteiger partial charge in [0.25, 0.3) is 5.91 Å². The first-order chi connectivity index (χ1) is 17.0. The summed E-state index contributed by atoms with van der Waals surface area (Å²) in [7, 11) is 0. The molecule has 180 valence electrons. The lowest BCUT2D eigenvalue weighted by Gasteiger charge is -2.07. The van der Waals surface area contributed by atoms with Crippen molar-refractivity contribution >= 4 is 68.1 Å². The van der Waals surface area contributed by atoms with Crippen LogP contribution in [0.5, 0.6) is 5.75 Å². The number of rotatable bonds is 10. The molecule has 6 nitrogen and oxygen atoms in total. The molecular weight excluding hydrogens is 502 g/mol. The molecule has 0 unspecified atom stereocenters. The summed E-state index contributed by atoms with van der Waals surface area (Å²) in [5, 5.41) is 6.37. The zero-order valence-electron chi connectivity index (χ0n) is 19.0. The summed E-state index contributed by atoms with van der Waals surface area (Å²) in [5.41, 5.74) is 2.75. The van der Waals surface area contributed by atoms with Crippen molar-refractivity contribution in [1.82, 2.24) is 4.98 Å². The highest BCUT2D eigenvalue weighted by Crippen LogP contribution is 2.31. The van der Waals surface area contributed by atoms with Gasteiger partial charge in [-0.3, -0.25) is 9.59 Å². The summed E-state index contributed by atoms with van der Waals surface area (Å²) in [6.45, 7) is 2.81. The van der Waals surface area contributed by atoms with Crippen LogP contribution in [0.1, 0.15) is 30.1 Å². The minimum atomic E-state index is -0.211. The van der Waals surface area contributed by atoms with Crippen LogP contribution in [0, 0.1) is 0 Å². The van der Waals surface area contributed by atoms with Gasteiger partial charge in [-0.1, -0.05) is 36.7 Å². The minimum absolute atomic E-state index is 0.107. The number of anilines is 2. The number of carbonyl (C=O) groups is 2. The van der Waals surface area contributed by atoms with Crippen molar-refractivity contribution in [1.29, 1.82) is 0 Å². The highest BCUT2D eigenvalue weighted by Gasteiger charge is 2.11. The second-order valence-corrected chi connectivity index (χ2v) is 10.4. The SMILES string of the molecule is CCCCOc1ccc(NC(=O)CSc2nc3ccc(NC(=O)c4ccc(Cl)cc4)cc3s2)cc1. The van der Waals surface area contributed by atoms with Crippen LogP contribution in [-0.2, 0) is 4.79 Å². The normalized spacial score (nSPS) is 10.8. The zero-order valence-corrected chi connectivity index (χ0v) is 21.4. The van der Waals surface area contributed by atoms with E-state index in [0.717, 1.165) is 38.8 Å². The number of hydrogen-bond donors (Lipinski definition) is 2. The fourth-order valence-corrected chi connectivity index (χ4v) is 5.17. The van der Waals surface area contributed by atoms with Crippen molar-refractivity contribution in [3.63, 3.8) is 0 Å². The fourth-order valence-electron chi connectivity index (χ4n) is 3.14.